The summed E-state index contributed by atoms with van der Waals surface area (Å²) >= 11 is 0. The van der Waals surface area contributed by atoms with Crippen molar-refractivity contribution < 1.29 is 18.3 Å². The summed E-state index contributed by atoms with van der Waals surface area (Å²) in [5, 5.41) is 0. The predicted octanol–water partition coefficient (Wildman–Crippen LogP) is 4.61. The summed E-state index contributed by atoms with van der Waals surface area (Å²) in [4.78, 5) is 34.5. The maximum Gasteiger partial charge on any atom is 0.387 e. The van der Waals surface area contributed by atoms with Crippen molar-refractivity contribution in [2.45, 2.75) is 33.8 Å². The van der Waals surface area contributed by atoms with Crippen molar-refractivity contribution in [2.75, 3.05) is 26.2 Å². The molecule has 0 bridgehead atoms. The zero-order valence-corrected chi connectivity index (χ0v) is 23.3. The summed E-state index contributed by atoms with van der Waals surface area (Å²) < 4.78 is 38.7. The second-order valence-corrected chi connectivity index (χ2v) is 9.34. The smallest absolute Gasteiger partial charge is 0.387 e. The van der Waals surface area contributed by atoms with Crippen LogP contribution >= 0.6 is 0 Å². The molecule has 0 aliphatic carbocycles. The Morgan fingerprint density at radius 1 is 0.976 bits per heavy atom. The third-order valence-corrected chi connectivity index (χ3v) is 6.96. The monoisotopic (exact) mass is 563 g/mol. The van der Waals surface area contributed by atoms with Crippen molar-refractivity contribution in [1.29, 1.82) is 0 Å². The largest absolute Gasteiger partial charge is 0.464 e. The van der Waals surface area contributed by atoms with Crippen LogP contribution in [0.1, 0.15) is 26.6 Å². The Morgan fingerprint density at radius 2 is 1.73 bits per heavy atom. The number of imidazole rings is 1. The fourth-order valence-electron chi connectivity index (χ4n) is 4.78. The number of likely N-dealkylation sites (N-methyl/N-ethyl adjacent to an activating group) is 1. The van der Waals surface area contributed by atoms with Crippen LogP contribution in [0.25, 0.3) is 39.1 Å². The molecular weight excluding hydrogens is 532 g/mol. The van der Waals surface area contributed by atoms with Gasteiger partial charge in [0.25, 0.3) is 5.56 Å². The molecule has 214 valence electrons. The summed E-state index contributed by atoms with van der Waals surface area (Å²) in [7, 11) is 1.97. The summed E-state index contributed by atoms with van der Waals surface area (Å²) in [5.74, 6) is 0.925. The van der Waals surface area contributed by atoms with Gasteiger partial charge in [0, 0.05) is 25.6 Å². The second kappa shape index (κ2) is 12.0. The van der Waals surface area contributed by atoms with Gasteiger partial charge in [0.05, 0.1) is 29.5 Å². The fourth-order valence-corrected chi connectivity index (χ4v) is 4.78. The molecule has 0 N–H and O–H groups in total. The van der Waals surface area contributed by atoms with Crippen molar-refractivity contribution in [1.82, 2.24) is 34.0 Å². The van der Waals surface area contributed by atoms with E-state index in [9.17, 15) is 13.6 Å². The number of aryl methyl sites for hydroxylation is 1. The van der Waals surface area contributed by atoms with Gasteiger partial charge in [-0.05, 0) is 56.4 Å². The average Bonchev–Trinajstić information content (AvgIpc) is 3.28. The summed E-state index contributed by atoms with van der Waals surface area (Å²) in [6.07, 6.45) is 2.29. The van der Waals surface area contributed by atoms with Gasteiger partial charge in [0.2, 0.25) is 0 Å². The van der Waals surface area contributed by atoms with Crippen molar-refractivity contribution in [3.05, 3.63) is 64.8 Å². The molecule has 0 aliphatic rings. The zero-order valence-electron chi connectivity index (χ0n) is 23.3. The van der Waals surface area contributed by atoms with E-state index in [2.05, 4.69) is 38.4 Å². The van der Waals surface area contributed by atoms with E-state index >= 15 is 0 Å². The van der Waals surface area contributed by atoms with Crippen LogP contribution in [-0.2, 0) is 13.5 Å². The van der Waals surface area contributed by atoms with E-state index in [1.165, 1.54) is 35.0 Å². The zero-order chi connectivity index (χ0) is 29.1. The van der Waals surface area contributed by atoms with Crippen molar-refractivity contribution in [2.24, 2.45) is 7.05 Å². The van der Waals surface area contributed by atoms with E-state index in [0.29, 0.717) is 23.4 Å². The minimum Gasteiger partial charge on any atom is -0.464 e. The van der Waals surface area contributed by atoms with Crippen LogP contribution in [0, 0.1) is 0 Å². The lowest BCUT2D eigenvalue weighted by Gasteiger charge is -2.17. The molecule has 0 fully saturated rings. The minimum absolute atomic E-state index is 0.0292. The fraction of sp³-hybridized carbons (Fsp3) is 0.345. The number of nitrogens with zero attached hydrogens (tertiary/aromatic N) is 7. The van der Waals surface area contributed by atoms with Gasteiger partial charge in [0.1, 0.15) is 22.8 Å². The molecule has 0 saturated carbocycles. The standard InChI is InChI=1S/C29H31F2N7O3/c1-5-37(6-2)15-14-24-33-21-13-8-18(16-23(21)36(24)4)25-27(39)38(19-9-11-20(12-10-19)41-28(30)31)26-22(34-25)17-32-29(35-26)40-7-3/h8-13,16-17,28H,5-7,14-15H2,1-4H3. The molecule has 0 atom stereocenters. The van der Waals surface area contributed by atoms with Crippen LogP contribution in [0.5, 0.6) is 11.8 Å². The predicted molar refractivity (Wildman–Crippen MR) is 152 cm³/mol. The van der Waals surface area contributed by atoms with Crippen molar-refractivity contribution in [3.8, 4) is 28.7 Å². The first-order valence-electron chi connectivity index (χ1n) is 13.5. The number of hydrogen-bond donors (Lipinski definition) is 0. The molecule has 3 heterocycles. The number of ether oxygens (including phenoxy) is 2. The summed E-state index contributed by atoms with van der Waals surface area (Å²) in [5.41, 5.74) is 3.03. The Balaban J connectivity index is 1.63. The lowest BCUT2D eigenvalue weighted by molar-refractivity contribution is -0.0498. The van der Waals surface area contributed by atoms with Crippen molar-refractivity contribution in [3.63, 3.8) is 0 Å². The molecule has 12 heteroatoms. The highest BCUT2D eigenvalue weighted by atomic mass is 19.3. The van der Waals surface area contributed by atoms with E-state index in [4.69, 9.17) is 9.72 Å². The highest BCUT2D eigenvalue weighted by molar-refractivity contribution is 5.83. The first kappa shape index (κ1) is 28.1. The number of alkyl halides is 2. The van der Waals surface area contributed by atoms with Crippen molar-refractivity contribution >= 4 is 22.2 Å². The molecule has 0 radical (unpaired) electrons. The number of fused-ring (bicyclic) bond motifs is 2. The topological polar surface area (TPSA) is 100 Å². The lowest BCUT2D eigenvalue weighted by atomic mass is 10.1. The molecule has 2 aromatic carbocycles. The quantitative estimate of drug-likeness (QED) is 0.230. The van der Waals surface area contributed by atoms with Crippen LogP contribution in [0.4, 0.5) is 8.78 Å². The SMILES string of the molecule is CCOc1ncc2nc(-c3ccc4nc(CCN(CC)CC)n(C)c4c3)c(=O)n(-c3ccc(OC(F)F)cc3)c2n1. The minimum atomic E-state index is -2.96. The second-order valence-electron chi connectivity index (χ2n) is 9.34. The van der Waals surface area contributed by atoms with E-state index in [0.717, 1.165) is 42.9 Å². The molecule has 0 saturated heterocycles. The Kier molecular flexibility index (Phi) is 8.20. The van der Waals surface area contributed by atoms with Gasteiger partial charge in [-0.2, -0.15) is 13.8 Å². The summed E-state index contributed by atoms with van der Waals surface area (Å²) in [6.45, 7) is 6.31. The third-order valence-electron chi connectivity index (χ3n) is 6.96. The maximum atomic E-state index is 14.0. The number of hydrogen-bond acceptors (Lipinski definition) is 8. The van der Waals surface area contributed by atoms with Gasteiger partial charge in [-0.3, -0.25) is 9.36 Å². The van der Waals surface area contributed by atoms with Crippen LogP contribution in [0.15, 0.2) is 53.5 Å². The lowest BCUT2D eigenvalue weighted by Crippen LogP contribution is -2.26. The molecule has 0 amide bonds. The van der Waals surface area contributed by atoms with Gasteiger partial charge in [-0.25, -0.2) is 15.0 Å². The molecule has 10 nitrogen and oxygen atoms in total. The molecule has 0 spiro atoms. The number of aromatic nitrogens is 6. The van der Waals surface area contributed by atoms with E-state index < -0.39 is 12.2 Å². The molecule has 5 aromatic rings. The van der Waals surface area contributed by atoms with E-state index in [1.807, 2.05) is 29.8 Å². The Labute approximate surface area is 235 Å². The van der Waals surface area contributed by atoms with Gasteiger partial charge in [-0.15, -0.1) is 0 Å². The van der Waals surface area contributed by atoms with Gasteiger partial charge in [0.15, 0.2) is 5.65 Å². The van der Waals surface area contributed by atoms with Gasteiger partial charge in [-0.1, -0.05) is 19.9 Å². The van der Waals surface area contributed by atoms with E-state index in [-0.39, 0.29) is 23.1 Å². The Bertz CT molecular complexity index is 1730. The van der Waals surface area contributed by atoms with Crippen LogP contribution < -0.4 is 15.0 Å². The Hall–Kier alpha value is -4.45. The highest BCUT2D eigenvalue weighted by Gasteiger charge is 2.19. The molecule has 0 aliphatic heterocycles. The highest BCUT2D eigenvalue weighted by Crippen LogP contribution is 2.25. The van der Waals surface area contributed by atoms with Gasteiger partial charge >= 0.3 is 12.6 Å². The normalized spacial score (nSPS) is 11.7. The number of benzene rings is 2. The van der Waals surface area contributed by atoms with Crippen LogP contribution in [-0.4, -0.2) is 66.8 Å². The van der Waals surface area contributed by atoms with Crippen LogP contribution in [0.2, 0.25) is 0 Å². The van der Waals surface area contributed by atoms with Crippen LogP contribution in [0.3, 0.4) is 0 Å². The number of rotatable bonds is 11. The molecule has 5 rings (SSSR count). The van der Waals surface area contributed by atoms with E-state index in [1.54, 1.807) is 6.92 Å². The summed E-state index contributed by atoms with van der Waals surface area (Å²) in [6, 6.07) is 11.4. The average molecular weight is 564 g/mol. The number of halogens is 2. The Morgan fingerprint density at radius 3 is 2.41 bits per heavy atom. The molecule has 3 aromatic heterocycles. The van der Waals surface area contributed by atoms with Gasteiger partial charge < -0.3 is 18.9 Å². The first-order valence-corrected chi connectivity index (χ1v) is 13.5. The maximum absolute atomic E-state index is 14.0. The molecular formula is C29H31F2N7O3. The third kappa shape index (κ3) is 5.73. The molecule has 41 heavy (non-hydrogen) atoms. The molecule has 0 unspecified atom stereocenters. The first-order chi connectivity index (χ1) is 19.8.